The highest BCUT2D eigenvalue weighted by Crippen LogP contribution is 2.06. The van der Waals surface area contributed by atoms with Crippen molar-refractivity contribution < 1.29 is 0 Å². The van der Waals surface area contributed by atoms with E-state index in [0.29, 0.717) is 4.32 Å². The Kier molecular flexibility index (Phi) is 3.33. The molecule has 0 aliphatic heterocycles. The predicted octanol–water partition coefficient (Wildman–Crippen LogP) is 1.09. The number of anilines is 1. The number of thiol groups is 1. The molecule has 0 saturated heterocycles. The fourth-order valence-electron chi connectivity index (χ4n) is 0.756. The molecule has 0 aliphatic carbocycles. The van der Waals surface area contributed by atoms with Gasteiger partial charge in [-0.05, 0) is 12.1 Å². The van der Waals surface area contributed by atoms with Crippen LogP contribution in [-0.4, -0.2) is 4.32 Å². The Hall–Kier alpha value is -0.780. The average Bonchev–Trinajstić information content (AvgIpc) is 2.05. The summed E-state index contributed by atoms with van der Waals surface area (Å²) < 4.78 is 0.335. The van der Waals surface area contributed by atoms with Gasteiger partial charge < -0.3 is 0 Å². The van der Waals surface area contributed by atoms with Gasteiger partial charge in [0.1, 0.15) is 0 Å². The Labute approximate surface area is 81.9 Å². The van der Waals surface area contributed by atoms with Crippen LogP contribution in [-0.2, 0) is 0 Å². The molecule has 0 amide bonds. The molecule has 0 atom stereocenters. The van der Waals surface area contributed by atoms with Gasteiger partial charge in [-0.1, -0.05) is 30.4 Å². The van der Waals surface area contributed by atoms with Gasteiger partial charge in [0.05, 0.1) is 5.69 Å². The van der Waals surface area contributed by atoms with Crippen LogP contribution >= 0.6 is 24.8 Å². The summed E-state index contributed by atoms with van der Waals surface area (Å²) in [6.45, 7) is 0. The molecule has 64 valence electrons. The lowest BCUT2D eigenvalue weighted by Gasteiger charge is -2.18. The number of hydrazine groups is 2. The first kappa shape index (κ1) is 9.31. The summed E-state index contributed by atoms with van der Waals surface area (Å²) in [6.07, 6.45) is 0. The first-order valence-corrected chi connectivity index (χ1v) is 4.15. The fraction of sp³-hybridized carbons (Fsp3) is 0. The van der Waals surface area contributed by atoms with Crippen molar-refractivity contribution in [3.05, 3.63) is 30.3 Å². The van der Waals surface area contributed by atoms with E-state index in [-0.39, 0.29) is 0 Å². The number of hydrogen-bond acceptors (Lipinski definition) is 3. The molecule has 0 fully saturated rings. The molecule has 0 radical (unpaired) electrons. The van der Waals surface area contributed by atoms with Gasteiger partial charge in [0, 0.05) is 0 Å². The number of thiocarbonyl (C=S) groups is 1. The molecule has 0 spiro atoms. The standard InChI is InChI=1S/C7H9N3S2/c8-10(9-7(11)12)6-4-2-1-3-5-6/h1-5H,8H2,(H2,9,11,12). The number of hydrogen-bond donors (Lipinski definition) is 3. The molecule has 0 bridgehead atoms. The third kappa shape index (κ3) is 2.69. The summed E-state index contributed by atoms with van der Waals surface area (Å²) >= 11 is 8.59. The highest BCUT2D eigenvalue weighted by atomic mass is 32.1. The molecule has 12 heavy (non-hydrogen) atoms. The monoisotopic (exact) mass is 199 g/mol. The van der Waals surface area contributed by atoms with E-state index < -0.39 is 0 Å². The summed E-state index contributed by atoms with van der Waals surface area (Å²) in [4.78, 5) is 0. The molecule has 0 unspecified atom stereocenters. The van der Waals surface area contributed by atoms with Crippen LogP contribution in [0.2, 0.25) is 0 Å². The third-order valence-electron chi connectivity index (χ3n) is 1.25. The van der Waals surface area contributed by atoms with Crippen LogP contribution < -0.4 is 16.4 Å². The van der Waals surface area contributed by atoms with Crippen molar-refractivity contribution in [1.82, 2.24) is 5.43 Å². The van der Waals surface area contributed by atoms with Gasteiger partial charge in [-0.25, -0.2) is 11.0 Å². The van der Waals surface area contributed by atoms with E-state index in [4.69, 9.17) is 18.1 Å². The Morgan fingerprint density at radius 3 is 2.50 bits per heavy atom. The summed E-state index contributed by atoms with van der Waals surface area (Å²) in [6, 6.07) is 9.41. The molecule has 1 aromatic rings. The van der Waals surface area contributed by atoms with Crippen molar-refractivity contribution in [3.63, 3.8) is 0 Å². The zero-order chi connectivity index (χ0) is 8.97. The van der Waals surface area contributed by atoms with Crippen molar-refractivity contribution in [2.45, 2.75) is 0 Å². The van der Waals surface area contributed by atoms with Gasteiger partial charge >= 0.3 is 0 Å². The van der Waals surface area contributed by atoms with Crippen molar-refractivity contribution in [1.29, 1.82) is 0 Å². The maximum Gasteiger partial charge on any atom is 0.150 e. The summed E-state index contributed by atoms with van der Waals surface area (Å²) in [7, 11) is 0. The van der Waals surface area contributed by atoms with Crippen LogP contribution in [0.5, 0.6) is 0 Å². The van der Waals surface area contributed by atoms with Crippen LogP contribution in [0.4, 0.5) is 5.69 Å². The maximum atomic E-state index is 5.58. The van der Waals surface area contributed by atoms with Crippen LogP contribution in [0.3, 0.4) is 0 Å². The van der Waals surface area contributed by atoms with Crippen molar-refractivity contribution >= 4 is 34.9 Å². The molecule has 0 aromatic heterocycles. The predicted molar refractivity (Wildman–Crippen MR) is 57.8 cm³/mol. The van der Waals surface area contributed by atoms with Crippen molar-refractivity contribution in [2.24, 2.45) is 5.84 Å². The zero-order valence-electron chi connectivity index (χ0n) is 6.27. The highest BCUT2D eigenvalue weighted by Gasteiger charge is 1.98. The van der Waals surface area contributed by atoms with Gasteiger partial charge in [-0.3, -0.25) is 5.43 Å². The Morgan fingerprint density at radius 2 is 2.00 bits per heavy atom. The zero-order valence-corrected chi connectivity index (χ0v) is 7.98. The topological polar surface area (TPSA) is 41.3 Å². The third-order valence-corrected chi connectivity index (χ3v) is 1.44. The number of nitrogens with zero attached hydrogens (tertiary/aromatic N) is 1. The molecule has 3 N–H and O–H groups in total. The molecular weight excluding hydrogens is 190 g/mol. The minimum atomic E-state index is 0.335. The minimum absolute atomic E-state index is 0.335. The molecule has 3 nitrogen and oxygen atoms in total. The first-order valence-electron chi connectivity index (χ1n) is 3.29. The summed E-state index contributed by atoms with van der Waals surface area (Å²) in [5, 5.41) is 1.31. The van der Waals surface area contributed by atoms with Crippen LogP contribution in [0, 0.1) is 0 Å². The first-order chi connectivity index (χ1) is 5.70. The Balaban J connectivity index is 2.65. The molecule has 5 heteroatoms. The molecule has 1 rings (SSSR count). The van der Waals surface area contributed by atoms with E-state index in [9.17, 15) is 0 Å². The number of benzene rings is 1. The van der Waals surface area contributed by atoms with Crippen molar-refractivity contribution in [2.75, 3.05) is 5.12 Å². The van der Waals surface area contributed by atoms with Crippen LogP contribution in [0.1, 0.15) is 0 Å². The smallest absolute Gasteiger partial charge is 0.150 e. The second-order valence-electron chi connectivity index (χ2n) is 2.12. The molecule has 1 aromatic carbocycles. The van der Waals surface area contributed by atoms with Gasteiger partial charge in [0.25, 0.3) is 0 Å². The van der Waals surface area contributed by atoms with Crippen LogP contribution in [0.25, 0.3) is 0 Å². The normalized spacial score (nSPS) is 9.17. The molecule has 0 heterocycles. The van der Waals surface area contributed by atoms with E-state index >= 15 is 0 Å². The minimum Gasteiger partial charge on any atom is -0.268 e. The van der Waals surface area contributed by atoms with E-state index in [1.807, 2.05) is 30.3 Å². The lowest BCUT2D eigenvalue weighted by molar-refractivity contribution is 0.828. The number of rotatable bonds is 2. The molecule has 0 aliphatic rings. The Bertz CT molecular complexity index is 263. The van der Waals surface area contributed by atoms with Gasteiger partial charge in [-0.15, -0.1) is 12.6 Å². The van der Waals surface area contributed by atoms with E-state index in [0.717, 1.165) is 5.69 Å². The van der Waals surface area contributed by atoms with Crippen molar-refractivity contribution in [3.8, 4) is 0 Å². The maximum absolute atomic E-state index is 5.58. The van der Waals surface area contributed by atoms with E-state index in [2.05, 4.69) is 18.1 Å². The Morgan fingerprint density at radius 1 is 1.42 bits per heavy atom. The molecular formula is C7H9N3S2. The van der Waals surface area contributed by atoms with Crippen LogP contribution in [0.15, 0.2) is 30.3 Å². The largest absolute Gasteiger partial charge is 0.268 e. The summed E-state index contributed by atoms with van der Waals surface area (Å²) in [5.41, 5.74) is 3.49. The van der Waals surface area contributed by atoms with E-state index in [1.165, 1.54) is 5.12 Å². The van der Waals surface area contributed by atoms with Gasteiger partial charge in [0.2, 0.25) is 0 Å². The lowest BCUT2D eigenvalue weighted by atomic mass is 10.3. The van der Waals surface area contributed by atoms with E-state index in [1.54, 1.807) is 0 Å². The number of nitrogens with one attached hydrogen (secondary N) is 1. The lowest BCUT2D eigenvalue weighted by Crippen LogP contribution is -2.45. The highest BCUT2D eigenvalue weighted by molar-refractivity contribution is 8.11. The SMILES string of the molecule is NN(NC(=S)S)c1ccccc1. The van der Waals surface area contributed by atoms with Gasteiger partial charge in [0.15, 0.2) is 4.32 Å². The average molecular weight is 199 g/mol. The number of nitrogens with two attached hydrogens (primary N) is 1. The second kappa shape index (κ2) is 4.30. The quantitative estimate of drug-likeness (QED) is 0.289. The molecule has 0 saturated carbocycles. The number of para-hydroxylation sites is 1. The second-order valence-corrected chi connectivity index (χ2v) is 3.28. The summed E-state index contributed by atoms with van der Waals surface area (Å²) in [5.74, 6) is 5.58. The fourth-order valence-corrected chi connectivity index (χ4v) is 0.962. The van der Waals surface area contributed by atoms with Gasteiger partial charge in [-0.2, -0.15) is 0 Å².